The highest BCUT2D eigenvalue weighted by Crippen LogP contribution is 2.33. The normalized spacial score (nSPS) is 21.3. The van der Waals surface area contributed by atoms with Gasteiger partial charge in [0, 0.05) is 44.3 Å². The van der Waals surface area contributed by atoms with Gasteiger partial charge in [0.25, 0.3) is 5.91 Å². The van der Waals surface area contributed by atoms with Gasteiger partial charge in [-0.25, -0.2) is 0 Å². The summed E-state index contributed by atoms with van der Waals surface area (Å²) in [6, 6.07) is 10.8. The number of aliphatic hydroxyl groups excluding tert-OH is 1. The van der Waals surface area contributed by atoms with Crippen LogP contribution in [0.1, 0.15) is 68.8 Å². The predicted molar refractivity (Wildman–Crippen MR) is 182 cm³/mol. The Morgan fingerprint density at radius 2 is 1.83 bits per heavy atom. The molecule has 2 amide bonds. The molecule has 11 heteroatoms. The van der Waals surface area contributed by atoms with E-state index in [0.717, 1.165) is 49.3 Å². The van der Waals surface area contributed by atoms with Gasteiger partial charge in [-0.3, -0.25) is 14.5 Å². The van der Waals surface area contributed by atoms with Crippen molar-refractivity contribution >= 4 is 17.5 Å². The van der Waals surface area contributed by atoms with E-state index >= 15 is 0 Å². The Labute approximate surface area is 280 Å². The van der Waals surface area contributed by atoms with Crippen molar-refractivity contribution in [3.63, 3.8) is 0 Å². The number of anilines is 1. The first-order valence-corrected chi connectivity index (χ1v) is 16.9. The quantitative estimate of drug-likeness (QED) is 0.358. The summed E-state index contributed by atoms with van der Waals surface area (Å²) in [5.41, 5.74) is 2.02. The number of carbonyl (C=O) groups is 2. The number of nitrogens with zero attached hydrogens (tertiary/aromatic N) is 3. The van der Waals surface area contributed by atoms with E-state index in [1.807, 2.05) is 51.0 Å². The summed E-state index contributed by atoms with van der Waals surface area (Å²) in [5, 5.41) is 13.2. The van der Waals surface area contributed by atoms with Gasteiger partial charge in [-0.15, -0.1) is 0 Å². The molecule has 2 aliphatic heterocycles. The average Bonchev–Trinajstić information content (AvgIpc) is 3.50. The molecule has 0 bridgehead atoms. The molecular formula is C36H54N4O7. The molecule has 0 unspecified atom stereocenters. The zero-order chi connectivity index (χ0) is 33.9. The molecule has 2 aromatic rings. The van der Waals surface area contributed by atoms with Gasteiger partial charge in [0.05, 0.1) is 30.4 Å². The van der Waals surface area contributed by atoms with Crippen LogP contribution in [0.4, 0.5) is 5.69 Å². The lowest BCUT2D eigenvalue weighted by atomic mass is 10.0. The number of hydrogen-bond acceptors (Lipinski definition) is 9. The molecule has 260 valence electrons. The minimum atomic E-state index is -0.445. The van der Waals surface area contributed by atoms with Crippen LogP contribution in [0.2, 0.25) is 0 Å². The van der Waals surface area contributed by atoms with Crippen molar-refractivity contribution in [2.24, 2.45) is 5.92 Å². The van der Waals surface area contributed by atoms with E-state index in [-0.39, 0.29) is 43.3 Å². The highest BCUT2D eigenvalue weighted by molar-refractivity contribution is 5.99. The second-order valence-electron chi connectivity index (χ2n) is 13.4. The number of fused-ring (bicyclic) bond motifs is 2. The summed E-state index contributed by atoms with van der Waals surface area (Å²) >= 11 is 0. The molecule has 11 nitrogen and oxygen atoms in total. The van der Waals surface area contributed by atoms with Crippen LogP contribution >= 0.6 is 0 Å². The molecule has 47 heavy (non-hydrogen) atoms. The minimum absolute atomic E-state index is 0.0435. The number of ether oxygens (including phenoxy) is 4. The third kappa shape index (κ3) is 10.8. The van der Waals surface area contributed by atoms with Crippen molar-refractivity contribution in [2.75, 3.05) is 66.1 Å². The zero-order valence-corrected chi connectivity index (χ0v) is 29.0. The second kappa shape index (κ2) is 17.7. The molecule has 2 aliphatic rings. The van der Waals surface area contributed by atoms with Gasteiger partial charge in [-0.2, -0.15) is 0 Å². The number of likely N-dealkylation sites (N-methyl/N-ethyl adjacent to an activating group) is 1. The van der Waals surface area contributed by atoms with E-state index in [1.165, 1.54) is 0 Å². The Hall–Kier alpha value is -3.38. The number of hydrogen-bond donors (Lipinski definition) is 2. The monoisotopic (exact) mass is 654 g/mol. The standard InChI is InChI=1S/C36H54N4O7/c1-25-20-40(26(2)23-41)36(43)30-19-29(37-35(42)11-9-16-38(4)5)13-15-31(30)47-27(3)10-7-8-17-44-34(25)22-39(6)21-28-12-14-32-33(18-28)46-24-45-32/h12-15,18-19,25-27,34,41H,7-11,16-17,20-24H2,1-6H3,(H,37,42)/t25-,26+,27+,34+/m1/s1. The van der Waals surface area contributed by atoms with E-state index in [9.17, 15) is 14.7 Å². The van der Waals surface area contributed by atoms with Gasteiger partial charge in [0.15, 0.2) is 11.5 Å². The number of rotatable bonds is 11. The molecule has 0 fully saturated rings. The Morgan fingerprint density at radius 1 is 1.06 bits per heavy atom. The SMILES string of the molecule is C[C@@H]1CN([C@@H](C)CO)C(=O)c2cc(NC(=O)CCCN(C)C)ccc2O[C@@H](C)CCCCO[C@H]1CN(C)Cc1ccc2c(c1)OCO2. The van der Waals surface area contributed by atoms with Gasteiger partial charge in [0.1, 0.15) is 5.75 Å². The molecule has 2 aromatic carbocycles. The molecule has 2 heterocycles. The van der Waals surface area contributed by atoms with Crippen LogP contribution in [0.5, 0.6) is 17.2 Å². The van der Waals surface area contributed by atoms with Crippen LogP contribution in [-0.2, 0) is 16.1 Å². The predicted octanol–water partition coefficient (Wildman–Crippen LogP) is 4.62. The fourth-order valence-corrected chi connectivity index (χ4v) is 5.96. The first-order chi connectivity index (χ1) is 22.5. The number of carbonyl (C=O) groups excluding carboxylic acids is 2. The maximum absolute atomic E-state index is 14.4. The Morgan fingerprint density at radius 3 is 2.60 bits per heavy atom. The van der Waals surface area contributed by atoms with Crippen molar-refractivity contribution in [3.05, 3.63) is 47.5 Å². The molecule has 4 rings (SSSR count). The van der Waals surface area contributed by atoms with Gasteiger partial charge in [0.2, 0.25) is 12.7 Å². The Bertz CT molecular complexity index is 1320. The number of nitrogens with one attached hydrogen (secondary N) is 1. The second-order valence-corrected chi connectivity index (χ2v) is 13.4. The number of benzene rings is 2. The molecule has 0 saturated carbocycles. The molecule has 0 spiro atoms. The van der Waals surface area contributed by atoms with Crippen molar-refractivity contribution in [1.82, 2.24) is 14.7 Å². The van der Waals surface area contributed by atoms with Crippen LogP contribution in [0.25, 0.3) is 0 Å². The average molecular weight is 655 g/mol. The highest BCUT2D eigenvalue weighted by Gasteiger charge is 2.30. The van der Waals surface area contributed by atoms with Crippen molar-refractivity contribution in [2.45, 2.75) is 77.7 Å². The van der Waals surface area contributed by atoms with E-state index in [1.54, 1.807) is 23.1 Å². The van der Waals surface area contributed by atoms with Gasteiger partial charge in [-0.1, -0.05) is 13.0 Å². The molecular weight excluding hydrogens is 600 g/mol. The lowest BCUT2D eigenvalue weighted by molar-refractivity contribution is -0.116. The molecule has 0 saturated heterocycles. The third-order valence-electron chi connectivity index (χ3n) is 8.73. The zero-order valence-electron chi connectivity index (χ0n) is 29.0. The first kappa shape index (κ1) is 36.5. The summed E-state index contributed by atoms with van der Waals surface area (Å²) in [6.45, 7) is 9.15. The Kier molecular flexibility index (Phi) is 13.7. The fraction of sp³-hybridized carbons (Fsp3) is 0.611. The fourth-order valence-electron chi connectivity index (χ4n) is 5.96. The topological polar surface area (TPSA) is 113 Å². The summed E-state index contributed by atoms with van der Waals surface area (Å²) in [7, 11) is 6.02. The van der Waals surface area contributed by atoms with Crippen molar-refractivity contribution in [3.8, 4) is 17.2 Å². The van der Waals surface area contributed by atoms with Crippen LogP contribution in [0.15, 0.2) is 36.4 Å². The summed E-state index contributed by atoms with van der Waals surface area (Å²) in [6.07, 6.45) is 3.46. The third-order valence-corrected chi connectivity index (χ3v) is 8.73. The molecule has 0 aromatic heterocycles. The first-order valence-electron chi connectivity index (χ1n) is 16.9. The van der Waals surface area contributed by atoms with Crippen LogP contribution in [-0.4, -0.2) is 111 Å². The van der Waals surface area contributed by atoms with E-state index in [2.05, 4.69) is 24.2 Å². The van der Waals surface area contributed by atoms with E-state index < -0.39 is 6.04 Å². The maximum atomic E-state index is 14.4. The summed E-state index contributed by atoms with van der Waals surface area (Å²) < 4.78 is 23.9. The van der Waals surface area contributed by atoms with Gasteiger partial charge >= 0.3 is 0 Å². The van der Waals surface area contributed by atoms with Crippen molar-refractivity contribution < 1.29 is 33.6 Å². The number of amides is 2. The van der Waals surface area contributed by atoms with Gasteiger partial charge < -0.3 is 39.2 Å². The Balaban J connectivity index is 1.54. The van der Waals surface area contributed by atoms with Crippen LogP contribution in [0.3, 0.4) is 0 Å². The smallest absolute Gasteiger partial charge is 0.258 e. The van der Waals surface area contributed by atoms with Crippen LogP contribution < -0.4 is 19.5 Å². The van der Waals surface area contributed by atoms with E-state index in [0.29, 0.717) is 49.7 Å². The lowest BCUT2D eigenvalue weighted by Crippen LogP contribution is -2.47. The lowest BCUT2D eigenvalue weighted by Gasteiger charge is -2.36. The molecule has 0 aliphatic carbocycles. The minimum Gasteiger partial charge on any atom is -0.490 e. The van der Waals surface area contributed by atoms with Crippen LogP contribution in [0, 0.1) is 5.92 Å². The highest BCUT2D eigenvalue weighted by atomic mass is 16.7. The summed E-state index contributed by atoms with van der Waals surface area (Å²) in [5.74, 6) is 1.60. The summed E-state index contributed by atoms with van der Waals surface area (Å²) in [4.78, 5) is 33.0. The molecule has 4 atom stereocenters. The van der Waals surface area contributed by atoms with Gasteiger partial charge in [-0.05, 0) is 103 Å². The largest absolute Gasteiger partial charge is 0.490 e. The van der Waals surface area contributed by atoms with E-state index in [4.69, 9.17) is 18.9 Å². The number of aliphatic hydroxyl groups is 1. The molecule has 0 radical (unpaired) electrons. The molecule has 2 N–H and O–H groups in total. The maximum Gasteiger partial charge on any atom is 0.258 e. The van der Waals surface area contributed by atoms with Crippen molar-refractivity contribution in [1.29, 1.82) is 0 Å².